The second-order valence-corrected chi connectivity index (χ2v) is 9.40. The Balaban J connectivity index is 1.50. The summed E-state index contributed by atoms with van der Waals surface area (Å²) < 4.78 is 3.26. The van der Waals surface area contributed by atoms with Crippen LogP contribution in [0.5, 0.6) is 0 Å². The minimum absolute atomic E-state index is 0.0909. The smallest absolute Gasteiger partial charge is 0.266 e. The number of aromatic nitrogens is 2. The lowest BCUT2D eigenvalue weighted by Crippen LogP contribution is -2.25. The highest BCUT2D eigenvalue weighted by molar-refractivity contribution is 7.21. The molecule has 1 fully saturated rings. The number of thiophene rings is 1. The molecule has 2 amide bonds. The number of benzene rings is 2. The Kier molecular flexibility index (Phi) is 5.21. The molecule has 5 rings (SSSR count). The maximum absolute atomic E-state index is 13.4. The Morgan fingerprint density at radius 3 is 2.78 bits per heavy atom. The van der Waals surface area contributed by atoms with Gasteiger partial charge >= 0.3 is 0 Å². The average Bonchev–Trinajstić information content (AvgIpc) is 3.47. The maximum Gasteiger partial charge on any atom is 0.266 e. The third-order valence-electron chi connectivity index (χ3n) is 6.40. The number of amides is 2. The number of carbonyl (C=O) groups is 2. The monoisotopic (exact) mass is 446 g/mol. The van der Waals surface area contributed by atoms with Gasteiger partial charge in [-0.3, -0.25) is 9.59 Å². The molecule has 2 aromatic heterocycles. The standard InChI is InChI=1S/C25H26N4O2S/c1-4-29-15(2)26-20-13-18(9-10-21(20)29)27-25(31)24-23(17-11-12-28(14-17)16(3)30)19-7-5-6-8-22(19)32-24/h5-10,13,17H,4,11-12,14H2,1-3H3,(H,27,31). The van der Waals surface area contributed by atoms with Crippen LogP contribution in [-0.2, 0) is 11.3 Å². The summed E-state index contributed by atoms with van der Waals surface area (Å²) in [6.45, 7) is 7.97. The van der Waals surface area contributed by atoms with Crippen molar-refractivity contribution in [3.8, 4) is 0 Å². The average molecular weight is 447 g/mol. The van der Waals surface area contributed by atoms with Gasteiger partial charge in [0.15, 0.2) is 0 Å². The van der Waals surface area contributed by atoms with Crippen molar-refractivity contribution in [2.24, 2.45) is 0 Å². The molecule has 1 unspecified atom stereocenters. The van der Waals surface area contributed by atoms with E-state index in [-0.39, 0.29) is 17.7 Å². The predicted molar refractivity (Wildman–Crippen MR) is 130 cm³/mol. The molecule has 1 saturated heterocycles. The molecule has 0 aliphatic carbocycles. The lowest BCUT2D eigenvalue weighted by Gasteiger charge is -2.15. The van der Waals surface area contributed by atoms with Gasteiger partial charge in [0.1, 0.15) is 5.82 Å². The van der Waals surface area contributed by atoms with Crippen molar-refractivity contribution in [3.63, 3.8) is 0 Å². The lowest BCUT2D eigenvalue weighted by molar-refractivity contribution is -0.127. The van der Waals surface area contributed by atoms with Crippen LogP contribution in [0.25, 0.3) is 21.1 Å². The highest BCUT2D eigenvalue weighted by Gasteiger charge is 2.31. The van der Waals surface area contributed by atoms with E-state index in [0.29, 0.717) is 6.54 Å². The number of imidazole rings is 1. The lowest BCUT2D eigenvalue weighted by atomic mass is 9.95. The third-order valence-corrected chi connectivity index (χ3v) is 7.58. The van der Waals surface area contributed by atoms with Crippen molar-refractivity contribution in [1.82, 2.24) is 14.5 Å². The minimum Gasteiger partial charge on any atom is -0.342 e. The van der Waals surface area contributed by atoms with Gasteiger partial charge in [-0.2, -0.15) is 0 Å². The van der Waals surface area contributed by atoms with Crippen LogP contribution in [0.3, 0.4) is 0 Å². The van der Waals surface area contributed by atoms with Gasteiger partial charge in [0.2, 0.25) is 5.91 Å². The summed E-state index contributed by atoms with van der Waals surface area (Å²) in [7, 11) is 0. The first-order valence-electron chi connectivity index (χ1n) is 11.0. The van der Waals surface area contributed by atoms with E-state index in [9.17, 15) is 9.59 Å². The first-order valence-corrected chi connectivity index (χ1v) is 11.8. The molecule has 1 N–H and O–H groups in total. The van der Waals surface area contributed by atoms with E-state index in [0.717, 1.165) is 62.6 Å². The van der Waals surface area contributed by atoms with Crippen LogP contribution in [0.2, 0.25) is 0 Å². The van der Waals surface area contributed by atoms with Crippen LogP contribution in [0.15, 0.2) is 42.5 Å². The number of hydrogen-bond acceptors (Lipinski definition) is 4. The first kappa shape index (κ1) is 20.7. The number of fused-ring (bicyclic) bond motifs is 2. The number of nitrogens with one attached hydrogen (secondary N) is 1. The molecule has 32 heavy (non-hydrogen) atoms. The van der Waals surface area contributed by atoms with E-state index in [1.54, 1.807) is 6.92 Å². The zero-order valence-corrected chi connectivity index (χ0v) is 19.3. The molecule has 6 nitrogen and oxygen atoms in total. The Morgan fingerprint density at radius 2 is 2.03 bits per heavy atom. The van der Waals surface area contributed by atoms with Crippen molar-refractivity contribution in [3.05, 3.63) is 58.7 Å². The molecule has 1 aliphatic heterocycles. The van der Waals surface area contributed by atoms with Gasteiger partial charge in [-0.25, -0.2) is 4.98 Å². The Labute approximate surface area is 190 Å². The second-order valence-electron chi connectivity index (χ2n) is 8.35. The molecule has 7 heteroatoms. The van der Waals surface area contributed by atoms with Gasteiger partial charge in [-0.05, 0) is 55.5 Å². The van der Waals surface area contributed by atoms with Crippen molar-refractivity contribution in [2.75, 3.05) is 18.4 Å². The van der Waals surface area contributed by atoms with E-state index in [2.05, 4.69) is 33.9 Å². The van der Waals surface area contributed by atoms with Gasteiger partial charge in [-0.1, -0.05) is 18.2 Å². The highest BCUT2D eigenvalue weighted by Crippen LogP contribution is 2.40. The van der Waals surface area contributed by atoms with E-state index in [1.165, 1.54) is 11.3 Å². The summed E-state index contributed by atoms with van der Waals surface area (Å²) >= 11 is 1.53. The molecule has 0 spiro atoms. The number of rotatable bonds is 4. The summed E-state index contributed by atoms with van der Waals surface area (Å²) in [4.78, 5) is 32.6. The summed E-state index contributed by atoms with van der Waals surface area (Å²) in [5, 5.41) is 4.21. The highest BCUT2D eigenvalue weighted by atomic mass is 32.1. The predicted octanol–water partition coefficient (Wildman–Crippen LogP) is 5.17. The number of nitrogens with zero attached hydrogens (tertiary/aromatic N) is 3. The Morgan fingerprint density at radius 1 is 1.22 bits per heavy atom. The molecule has 164 valence electrons. The number of carbonyl (C=O) groups excluding carboxylic acids is 2. The molecule has 0 bridgehead atoms. The van der Waals surface area contributed by atoms with Gasteiger partial charge in [-0.15, -0.1) is 11.3 Å². The molecule has 0 radical (unpaired) electrons. The van der Waals surface area contributed by atoms with Crippen molar-refractivity contribution in [2.45, 2.75) is 39.7 Å². The Hall–Kier alpha value is -3.19. The number of likely N-dealkylation sites (tertiary alicyclic amines) is 1. The van der Waals surface area contributed by atoms with Crippen LogP contribution < -0.4 is 5.32 Å². The molecule has 1 atom stereocenters. The van der Waals surface area contributed by atoms with E-state index < -0.39 is 0 Å². The van der Waals surface area contributed by atoms with Crippen molar-refractivity contribution < 1.29 is 9.59 Å². The molecular weight excluding hydrogens is 420 g/mol. The summed E-state index contributed by atoms with van der Waals surface area (Å²) in [5.41, 5.74) is 3.76. The van der Waals surface area contributed by atoms with Gasteiger partial charge in [0.25, 0.3) is 5.91 Å². The van der Waals surface area contributed by atoms with Crippen LogP contribution in [0.4, 0.5) is 5.69 Å². The first-order chi connectivity index (χ1) is 15.5. The molecular formula is C25H26N4O2S. The van der Waals surface area contributed by atoms with Crippen LogP contribution >= 0.6 is 11.3 Å². The fourth-order valence-electron chi connectivity index (χ4n) is 4.84. The fraction of sp³-hybridized carbons (Fsp3) is 0.320. The van der Waals surface area contributed by atoms with Crippen LogP contribution in [0.1, 0.15) is 47.2 Å². The van der Waals surface area contributed by atoms with E-state index >= 15 is 0 Å². The number of aryl methyl sites for hydroxylation is 2. The largest absolute Gasteiger partial charge is 0.342 e. The maximum atomic E-state index is 13.4. The van der Waals surface area contributed by atoms with E-state index in [4.69, 9.17) is 0 Å². The molecule has 0 saturated carbocycles. The zero-order valence-electron chi connectivity index (χ0n) is 18.5. The van der Waals surface area contributed by atoms with Crippen LogP contribution in [-0.4, -0.2) is 39.4 Å². The third kappa shape index (κ3) is 3.46. The number of hydrogen-bond donors (Lipinski definition) is 1. The fourth-order valence-corrected chi connectivity index (χ4v) is 6.02. The normalized spacial score (nSPS) is 16.2. The molecule has 4 aromatic rings. The van der Waals surface area contributed by atoms with Gasteiger partial charge in [0, 0.05) is 42.9 Å². The summed E-state index contributed by atoms with van der Waals surface area (Å²) in [6.07, 6.45) is 0.875. The molecule has 3 heterocycles. The van der Waals surface area contributed by atoms with Crippen molar-refractivity contribution in [1.29, 1.82) is 0 Å². The van der Waals surface area contributed by atoms with Gasteiger partial charge < -0.3 is 14.8 Å². The second kappa shape index (κ2) is 8.06. The molecule has 2 aromatic carbocycles. The molecule has 1 aliphatic rings. The minimum atomic E-state index is -0.103. The van der Waals surface area contributed by atoms with E-state index in [1.807, 2.05) is 42.2 Å². The SMILES string of the molecule is CCn1c(C)nc2cc(NC(=O)c3sc4ccccc4c3C3CCN(C(C)=O)C3)ccc21. The topological polar surface area (TPSA) is 67.2 Å². The number of anilines is 1. The zero-order chi connectivity index (χ0) is 22.4. The summed E-state index contributed by atoms with van der Waals surface area (Å²) in [6, 6.07) is 14.0. The van der Waals surface area contributed by atoms with Crippen molar-refractivity contribution >= 4 is 50.0 Å². The Bertz CT molecular complexity index is 1350. The summed E-state index contributed by atoms with van der Waals surface area (Å²) in [5.74, 6) is 1.12. The van der Waals surface area contributed by atoms with Crippen LogP contribution in [0, 0.1) is 6.92 Å². The van der Waals surface area contributed by atoms with Gasteiger partial charge in [0.05, 0.1) is 15.9 Å². The quantitative estimate of drug-likeness (QED) is 0.470.